The van der Waals surface area contributed by atoms with Gasteiger partial charge in [-0.3, -0.25) is 9.69 Å². The monoisotopic (exact) mass is 585 g/mol. The number of amides is 2. The summed E-state index contributed by atoms with van der Waals surface area (Å²) in [6.45, 7) is 0.933. The van der Waals surface area contributed by atoms with E-state index in [0.717, 1.165) is 24.5 Å². The molecule has 2 aromatic carbocycles. The lowest BCUT2D eigenvalue weighted by Gasteiger charge is -2.31. The van der Waals surface area contributed by atoms with Gasteiger partial charge in [-0.05, 0) is 48.6 Å². The number of hydrogen-bond acceptors (Lipinski definition) is 10. The number of carboxylic acid groups (broad SMARTS) is 1. The molecule has 0 radical (unpaired) electrons. The predicted molar refractivity (Wildman–Crippen MR) is 148 cm³/mol. The molecule has 3 unspecified atom stereocenters. The zero-order valence-electron chi connectivity index (χ0n) is 22.9. The zero-order valence-corrected chi connectivity index (χ0v) is 22.9. The van der Waals surface area contributed by atoms with Crippen LogP contribution in [0.4, 0.5) is 10.5 Å². The highest BCUT2D eigenvalue weighted by atomic mass is 16.7. The standard InChI is InChI=1S/C29H35N3O10/c30-12-10-24(34)31-20-15-19(8-9-22(20)41-28-26(35)21(33)16-23(42-28)27(36)37)17-40-29(38)32-13-4-7-25(32)39-14-11-18-5-2-1-3-6-18/h1-3,5-6,8-9,15-16,21,25-26,28,33,35H,4,7,10-14,17,30H2,(H,31,34)(H,36,37)/t21?,25?,26-,28?/m1/s1. The minimum atomic E-state index is -1.61. The number of nitrogens with one attached hydrogen (secondary N) is 1. The largest absolute Gasteiger partial charge is 0.475 e. The molecule has 1 fully saturated rings. The highest BCUT2D eigenvalue weighted by Gasteiger charge is 2.37. The molecule has 0 saturated carbocycles. The average molecular weight is 586 g/mol. The van der Waals surface area contributed by atoms with E-state index in [-0.39, 0.29) is 37.2 Å². The number of nitrogens with zero attached hydrogens (tertiary/aromatic N) is 1. The third-order valence-corrected chi connectivity index (χ3v) is 6.68. The summed E-state index contributed by atoms with van der Waals surface area (Å²) in [5.74, 6) is -2.46. The van der Waals surface area contributed by atoms with Crippen molar-refractivity contribution >= 4 is 23.7 Å². The van der Waals surface area contributed by atoms with E-state index in [2.05, 4.69) is 5.32 Å². The van der Waals surface area contributed by atoms with Crippen LogP contribution >= 0.6 is 0 Å². The Bertz CT molecular complexity index is 1270. The molecule has 2 aliphatic rings. The summed E-state index contributed by atoms with van der Waals surface area (Å²) in [6, 6.07) is 14.4. The summed E-state index contributed by atoms with van der Waals surface area (Å²) in [5.41, 5.74) is 7.28. The second kappa shape index (κ2) is 14.6. The minimum Gasteiger partial charge on any atom is -0.475 e. The van der Waals surface area contributed by atoms with E-state index in [1.807, 2.05) is 30.3 Å². The van der Waals surface area contributed by atoms with E-state index in [1.165, 1.54) is 12.1 Å². The summed E-state index contributed by atoms with van der Waals surface area (Å²) in [4.78, 5) is 38.1. The number of carbonyl (C=O) groups is 3. The molecule has 2 aliphatic heterocycles. The number of hydrogen-bond donors (Lipinski definition) is 5. The number of anilines is 1. The molecular weight excluding hydrogens is 550 g/mol. The van der Waals surface area contributed by atoms with Crippen LogP contribution in [0.2, 0.25) is 0 Å². The number of rotatable bonds is 12. The molecule has 0 aliphatic carbocycles. The maximum absolute atomic E-state index is 12.9. The van der Waals surface area contributed by atoms with Gasteiger partial charge in [0.15, 0.2) is 6.10 Å². The van der Waals surface area contributed by atoms with Gasteiger partial charge in [-0.1, -0.05) is 36.4 Å². The molecule has 1 saturated heterocycles. The number of nitrogens with two attached hydrogens (primary N) is 1. The summed E-state index contributed by atoms with van der Waals surface area (Å²) < 4.78 is 22.3. The summed E-state index contributed by atoms with van der Waals surface area (Å²) >= 11 is 0. The number of benzene rings is 2. The van der Waals surface area contributed by atoms with Crippen LogP contribution in [0.15, 0.2) is 60.4 Å². The number of aliphatic carboxylic acids is 1. The van der Waals surface area contributed by atoms with Gasteiger partial charge in [0.1, 0.15) is 24.7 Å². The molecule has 2 heterocycles. The molecule has 4 atom stereocenters. The maximum Gasteiger partial charge on any atom is 0.412 e. The van der Waals surface area contributed by atoms with Gasteiger partial charge in [-0.25, -0.2) is 9.59 Å². The summed E-state index contributed by atoms with van der Waals surface area (Å²) in [6.07, 6.45) is -2.59. The van der Waals surface area contributed by atoms with Crippen molar-refractivity contribution in [3.05, 3.63) is 71.5 Å². The quantitative estimate of drug-likeness (QED) is 0.244. The Hall–Kier alpha value is -4.17. The topological polar surface area (TPSA) is 190 Å². The Morgan fingerprint density at radius 1 is 1.10 bits per heavy atom. The van der Waals surface area contributed by atoms with E-state index in [1.54, 1.807) is 11.0 Å². The average Bonchev–Trinajstić information content (AvgIpc) is 3.44. The third-order valence-electron chi connectivity index (χ3n) is 6.68. The van der Waals surface area contributed by atoms with Gasteiger partial charge in [0.25, 0.3) is 6.29 Å². The van der Waals surface area contributed by atoms with Crippen LogP contribution in [0.1, 0.15) is 30.4 Å². The molecule has 0 spiro atoms. The van der Waals surface area contributed by atoms with Crippen molar-refractivity contribution in [3.8, 4) is 5.75 Å². The van der Waals surface area contributed by atoms with E-state index in [9.17, 15) is 29.7 Å². The Kier molecular flexibility index (Phi) is 10.7. The first-order valence-corrected chi connectivity index (χ1v) is 13.6. The first-order valence-electron chi connectivity index (χ1n) is 13.6. The number of aliphatic hydroxyl groups is 2. The number of carboxylic acids is 1. The Labute approximate surface area is 242 Å². The lowest BCUT2D eigenvalue weighted by molar-refractivity contribution is -0.172. The van der Waals surface area contributed by atoms with Gasteiger partial charge in [0.2, 0.25) is 11.7 Å². The summed E-state index contributed by atoms with van der Waals surface area (Å²) in [7, 11) is 0. The normalized spacial score (nSPS) is 21.7. The fourth-order valence-electron chi connectivity index (χ4n) is 4.50. The van der Waals surface area contributed by atoms with Crippen molar-refractivity contribution in [1.82, 2.24) is 4.90 Å². The van der Waals surface area contributed by atoms with E-state index < -0.39 is 42.2 Å². The van der Waals surface area contributed by atoms with Crippen molar-refractivity contribution in [3.63, 3.8) is 0 Å². The molecule has 4 rings (SSSR count). The van der Waals surface area contributed by atoms with Crippen LogP contribution in [0, 0.1) is 0 Å². The van der Waals surface area contributed by atoms with Crippen LogP contribution in [0.3, 0.4) is 0 Å². The van der Waals surface area contributed by atoms with Crippen LogP contribution in [-0.4, -0.2) is 82.6 Å². The van der Waals surface area contributed by atoms with Gasteiger partial charge >= 0.3 is 12.1 Å². The fraction of sp³-hybridized carbons (Fsp3) is 0.414. The van der Waals surface area contributed by atoms with E-state index >= 15 is 0 Å². The van der Waals surface area contributed by atoms with Crippen molar-refractivity contribution in [1.29, 1.82) is 0 Å². The van der Waals surface area contributed by atoms with E-state index in [4.69, 9.17) is 24.7 Å². The molecule has 42 heavy (non-hydrogen) atoms. The number of aliphatic hydroxyl groups excluding tert-OH is 2. The molecule has 13 nitrogen and oxygen atoms in total. The Morgan fingerprint density at radius 2 is 1.88 bits per heavy atom. The predicted octanol–water partition coefficient (Wildman–Crippen LogP) is 1.72. The number of ether oxygens (including phenoxy) is 4. The highest BCUT2D eigenvalue weighted by Crippen LogP contribution is 2.31. The van der Waals surface area contributed by atoms with Crippen LogP contribution in [0.25, 0.3) is 0 Å². The van der Waals surface area contributed by atoms with Crippen molar-refractivity contribution in [2.75, 3.05) is 25.0 Å². The van der Waals surface area contributed by atoms with E-state index in [0.29, 0.717) is 25.1 Å². The molecule has 226 valence electrons. The molecule has 0 aromatic heterocycles. The first-order chi connectivity index (χ1) is 20.2. The second-order valence-electron chi connectivity index (χ2n) is 9.79. The third kappa shape index (κ3) is 8.19. The maximum atomic E-state index is 12.9. The minimum absolute atomic E-state index is 0.00639. The molecule has 2 amide bonds. The SMILES string of the molecule is NCCC(=O)Nc1cc(COC(=O)N2CCCC2OCCc2ccccc2)ccc1OC1OC(C(=O)O)=CC(O)[C@H]1O. The zero-order chi connectivity index (χ0) is 30.1. The molecular formula is C29H35N3O10. The van der Waals surface area contributed by atoms with Crippen LogP contribution in [-0.2, 0) is 36.8 Å². The Morgan fingerprint density at radius 3 is 2.62 bits per heavy atom. The fourth-order valence-corrected chi connectivity index (χ4v) is 4.50. The van der Waals surface area contributed by atoms with Gasteiger partial charge in [0.05, 0.1) is 12.3 Å². The van der Waals surface area contributed by atoms with Gasteiger partial charge in [0, 0.05) is 19.5 Å². The lowest BCUT2D eigenvalue weighted by Crippen LogP contribution is -2.46. The first kappa shape index (κ1) is 30.8. The Balaban J connectivity index is 1.39. The number of likely N-dealkylation sites (tertiary alicyclic amines) is 1. The molecule has 13 heteroatoms. The van der Waals surface area contributed by atoms with Gasteiger partial charge in [-0.2, -0.15) is 0 Å². The molecule has 0 bridgehead atoms. The van der Waals surface area contributed by atoms with Crippen LogP contribution < -0.4 is 15.8 Å². The lowest BCUT2D eigenvalue weighted by atomic mass is 10.1. The number of carbonyl (C=O) groups excluding carboxylic acids is 2. The smallest absolute Gasteiger partial charge is 0.412 e. The molecule has 6 N–H and O–H groups in total. The van der Waals surface area contributed by atoms with Crippen molar-refractivity contribution < 1.29 is 48.7 Å². The van der Waals surface area contributed by atoms with Crippen molar-refractivity contribution in [2.45, 2.75) is 57.0 Å². The molecule has 2 aromatic rings. The van der Waals surface area contributed by atoms with Crippen molar-refractivity contribution in [2.24, 2.45) is 5.73 Å². The van der Waals surface area contributed by atoms with Gasteiger partial charge in [-0.15, -0.1) is 0 Å². The van der Waals surface area contributed by atoms with Gasteiger partial charge < -0.3 is 45.3 Å². The highest BCUT2D eigenvalue weighted by molar-refractivity contribution is 5.92. The van der Waals surface area contributed by atoms with Crippen LogP contribution in [0.5, 0.6) is 5.75 Å². The second-order valence-corrected chi connectivity index (χ2v) is 9.79. The summed E-state index contributed by atoms with van der Waals surface area (Å²) in [5, 5.41) is 32.2.